The second kappa shape index (κ2) is 15.1. The van der Waals surface area contributed by atoms with Gasteiger partial charge < -0.3 is 15.0 Å². The number of nitriles is 1. The summed E-state index contributed by atoms with van der Waals surface area (Å²) in [5, 5.41) is 12.5. The summed E-state index contributed by atoms with van der Waals surface area (Å²) in [5.74, 6) is -4.47. The average Bonchev–Trinajstić information content (AvgIpc) is 3.08. The smallest absolute Gasteiger partial charge is 0.343 e. The summed E-state index contributed by atoms with van der Waals surface area (Å²) < 4.78 is 34.4. The van der Waals surface area contributed by atoms with Crippen LogP contribution in [0.15, 0.2) is 83.9 Å². The zero-order chi connectivity index (χ0) is 33.4. The highest BCUT2D eigenvalue weighted by Crippen LogP contribution is 2.35. The molecule has 0 radical (unpaired) electrons. The summed E-state index contributed by atoms with van der Waals surface area (Å²) in [6.45, 7) is 3.74. The number of benzene rings is 3. The number of likely N-dealkylation sites (tertiary alicyclic amines) is 1. The van der Waals surface area contributed by atoms with Gasteiger partial charge in [0.2, 0.25) is 5.91 Å². The van der Waals surface area contributed by atoms with E-state index in [0.717, 1.165) is 17.7 Å². The van der Waals surface area contributed by atoms with Crippen LogP contribution in [0, 0.1) is 28.9 Å². The Balaban J connectivity index is 1.29. The number of aliphatic imine (C=N–C) groups is 1. The van der Waals surface area contributed by atoms with Crippen molar-refractivity contribution >= 4 is 23.7 Å². The van der Waals surface area contributed by atoms with Crippen LogP contribution in [0.4, 0.5) is 13.6 Å². The van der Waals surface area contributed by atoms with E-state index in [1.54, 1.807) is 31.2 Å². The van der Waals surface area contributed by atoms with Crippen LogP contribution in [0.3, 0.4) is 0 Å². The Kier molecular flexibility index (Phi) is 10.7. The fourth-order valence-corrected chi connectivity index (χ4v) is 6.31. The number of carbonyl (C=O) groups is 3. The maximum Gasteiger partial charge on any atom is 0.343 e. The minimum Gasteiger partial charge on any atom is -0.460 e. The second-order valence-electron chi connectivity index (χ2n) is 11.8. The van der Waals surface area contributed by atoms with Gasteiger partial charge in [-0.15, -0.1) is 0 Å². The van der Waals surface area contributed by atoms with Gasteiger partial charge >= 0.3 is 12.0 Å². The summed E-state index contributed by atoms with van der Waals surface area (Å²) in [5.41, 5.74) is 1.06. The molecular formula is C36H37F2N5O4. The molecule has 2 aliphatic heterocycles. The van der Waals surface area contributed by atoms with Crippen molar-refractivity contribution in [2.45, 2.75) is 50.7 Å². The van der Waals surface area contributed by atoms with Crippen LogP contribution in [0.1, 0.15) is 55.3 Å². The molecule has 1 N–H and O–H groups in total. The third-order valence-corrected chi connectivity index (χ3v) is 8.89. The van der Waals surface area contributed by atoms with E-state index in [9.17, 15) is 24.0 Å². The molecule has 9 nitrogen and oxygen atoms in total. The molecule has 47 heavy (non-hydrogen) atoms. The molecule has 11 heteroatoms. The van der Waals surface area contributed by atoms with Crippen LogP contribution in [-0.2, 0) is 26.3 Å². The van der Waals surface area contributed by atoms with E-state index in [4.69, 9.17) is 4.74 Å². The molecule has 3 amide bonds. The standard InChI is InChI=1S/C36H37F2N5O4/c1-2-43(30(44)14-9-19-42-20-17-36(24-39,18-21-42)26-12-7-4-8-13-26)33-31(34(45)47-23-25-10-5-3-6-11-25)32(40-35(46)41-33)28-16-15-27(37)22-29(28)38/h3-8,10-13,15-16,22,31-32H,2,9,14,17-21,23H2,1H3,(H,40,46). The molecule has 0 aliphatic carbocycles. The van der Waals surface area contributed by atoms with Gasteiger partial charge in [0.25, 0.3) is 0 Å². The maximum atomic E-state index is 15.0. The molecule has 2 heterocycles. The zero-order valence-electron chi connectivity index (χ0n) is 26.2. The predicted octanol–water partition coefficient (Wildman–Crippen LogP) is 5.67. The Morgan fingerprint density at radius 3 is 2.38 bits per heavy atom. The number of carbonyl (C=O) groups excluding carboxylic acids is 3. The molecule has 2 unspecified atom stereocenters. The van der Waals surface area contributed by atoms with Crippen molar-refractivity contribution in [3.63, 3.8) is 0 Å². The van der Waals surface area contributed by atoms with Crippen molar-refractivity contribution in [3.05, 3.63) is 107 Å². The summed E-state index contributed by atoms with van der Waals surface area (Å²) in [6.07, 6.45) is 1.97. The van der Waals surface area contributed by atoms with E-state index in [1.165, 1.54) is 4.90 Å². The van der Waals surface area contributed by atoms with Gasteiger partial charge in [0.15, 0.2) is 0 Å². The van der Waals surface area contributed by atoms with Crippen molar-refractivity contribution < 1.29 is 27.9 Å². The van der Waals surface area contributed by atoms with Crippen molar-refractivity contribution in [1.82, 2.24) is 15.1 Å². The summed E-state index contributed by atoms with van der Waals surface area (Å²) >= 11 is 0. The summed E-state index contributed by atoms with van der Waals surface area (Å²) in [6, 6.07) is 22.0. The Morgan fingerprint density at radius 1 is 1.06 bits per heavy atom. The molecule has 2 atom stereocenters. The number of ether oxygens (including phenoxy) is 1. The molecule has 0 aromatic heterocycles. The number of amides is 3. The number of amidine groups is 1. The van der Waals surface area contributed by atoms with Crippen LogP contribution in [0.25, 0.3) is 0 Å². The number of rotatable bonds is 10. The maximum absolute atomic E-state index is 15.0. The van der Waals surface area contributed by atoms with Gasteiger partial charge in [0.1, 0.15) is 30.0 Å². The topological polar surface area (TPSA) is 115 Å². The average molecular weight is 642 g/mol. The van der Waals surface area contributed by atoms with Gasteiger partial charge in [-0.3, -0.25) is 14.5 Å². The number of urea groups is 1. The van der Waals surface area contributed by atoms with E-state index in [2.05, 4.69) is 21.3 Å². The molecule has 0 saturated carbocycles. The first-order chi connectivity index (χ1) is 22.7. The highest BCUT2D eigenvalue weighted by atomic mass is 19.1. The Bertz CT molecular complexity index is 1650. The molecule has 3 aromatic rings. The van der Waals surface area contributed by atoms with E-state index in [0.29, 0.717) is 50.5 Å². The predicted molar refractivity (Wildman–Crippen MR) is 171 cm³/mol. The second-order valence-corrected chi connectivity index (χ2v) is 11.8. The number of nitrogens with one attached hydrogen (secondary N) is 1. The fourth-order valence-electron chi connectivity index (χ4n) is 6.31. The van der Waals surface area contributed by atoms with Crippen LogP contribution in [0.2, 0.25) is 0 Å². The lowest BCUT2D eigenvalue weighted by molar-refractivity contribution is -0.148. The van der Waals surface area contributed by atoms with Gasteiger partial charge in [-0.2, -0.15) is 10.3 Å². The molecule has 0 spiro atoms. The number of piperidine rings is 1. The first-order valence-electron chi connectivity index (χ1n) is 15.8. The molecule has 0 bridgehead atoms. The number of esters is 1. The number of hydrogen-bond acceptors (Lipinski definition) is 6. The molecular weight excluding hydrogens is 604 g/mol. The zero-order valence-corrected chi connectivity index (χ0v) is 26.2. The first kappa shape index (κ1) is 33.4. The van der Waals surface area contributed by atoms with Gasteiger partial charge in [-0.05, 0) is 63.0 Å². The molecule has 1 saturated heterocycles. The minimum atomic E-state index is -1.38. The van der Waals surface area contributed by atoms with Gasteiger partial charge in [0.05, 0.1) is 17.5 Å². The minimum absolute atomic E-state index is 0.0940. The molecule has 1 fully saturated rings. The first-order valence-corrected chi connectivity index (χ1v) is 15.8. The number of nitrogens with zero attached hydrogens (tertiary/aromatic N) is 4. The molecule has 5 rings (SSSR count). The fraction of sp³-hybridized carbons (Fsp3) is 0.361. The largest absolute Gasteiger partial charge is 0.460 e. The van der Waals surface area contributed by atoms with Crippen LogP contribution >= 0.6 is 0 Å². The third kappa shape index (κ3) is 7.72. The number of halogens is 2. The molecule has 2 aliphatic rings. The number of hydrogen-bond donors (Lipinski definition) is 1. The quantitative estimate of drug-likeness (QED) is 0.285. The van der Waals surface area contributed by atoms with E-state index < -0.39 is 41.0 Å². The van der Waals surface area contributed by atoms with Crippen molar-refractivity contribution in [3.8, 4) is 6.07 Å². The SMILES string of the molecule is CCN(C(=O)CCCN1CCC(C#N)(c2ccccc2)CC1)C1=NC(=O)NC(c2ccc(F)cc2F)C1C(=O)OCc1ccccc1. The normalized spacial score (nSPS) is 19.2. The van der Waals surface area contributed by atoms with Gasteiger partial charge in [-0.25, -0.2) is 13.6 Å². The Hall–Kier alpha value is -4.95. The van der Waals surface area contributed by atoms with Crippen LogP contribution in [-0.4, -0.2) is 59.7 Å². The van der Waals surface area contributed by atoms with Crippen molar-refractivity contribution in [2.24, 2.45) is 10.9 Å². The van der Waals surface area contributed by atoms with Gasteiger partial charge in [0, 0.05) is 24.6 Å². The van der Waals surface area contributed by atoms with Gasteiger partial charge in [-0.1, -0.05) is 66.7 Å². The Morgan fingerprint density at radius 2 is 1.74 bits per heavy atom. The monoisotopic (exact) mass is 641 g/mol. The third-order valence-electron chi connectivity index (χ3n) is 8.89. The Labute approximate surface area is 272 Å². The van der Waals surface area contributed by atoms with Crippen molar-refractivity contribution in [2.75, 3.05) is 26.2 Å². The van der Waals surface area contributed by atoms with Crippen molar-refractivity contribution in [1.29, 1.82) is 5.26 Å². The van der Waals surface area contributed by atoms with E-state index >= 15 is 4.39 Å². The highest BCUT2D eigenvalue weighted by Gasteiger charge is 2.44. The van der Waals surface area contributed by atoms with E-state index in [-0.39, 0.29) is 36.9 Å². The molecule has 3 aromatic carbocycles. The van der Waals surface area contributed by atoms with Crippen LogP contribution in [0.5, 0.6) is 0 Å². The van der Waals surface area contributed by atoms with Crippen LogP contribution < -0.4 is 5.32 Å². The lowest BCUT2D eigenvalue weighted by Gasteiger charge is -2.38. The summed E-state index contributed by atoms with van der Waals surface area (Å²) in [4.78, 5) is 47.7. The lowest BCUT2D eigenvalue weighted by atomic mass is 9.74. The summed E-state index contributed by atoms with van der Waals surface area (Å²) in [7, 11) is 0. The lowest BCUT2D eigenvalue weighted by Crippen LogP contribution is -2.53. The van der Waals surface area contributed by atoms with E-state index in [1.807, 2.05) is 36.4 Å². The highest BCUT2D eigenvalue weighted by molar-refractivity contribution is 6.13. The molecule has 244 valence electrons.